The lowest BCUT2D eigenvalue weighted by atomic mass is 10.2. The van der Waals surface area contributed by atoms with E-state index in [4.69, 9.17) is 4.74 Å². The number of carbonyl (C=O) groups excluding carboxylic acids is 1. The number of rotatable bonds is 5. The molecule has 2 rings (SSSR count). The highest BCUT2D eigenvalue weighted by Gasteiger charge is 2.10. The highest BCUT2D eigenvalue weighted by Crippen LogP contribution is 2.13. The Bertz CT molecular complexity index is 617. The van der Waals surface area contributed by atoms with Crippen molar-refractivity contribution in [1.82, 2.24) is 15.1 Å². The molecule has 1 N–H and O–H groups in total. The van der Waals surface area contributed by atoms with Gasteiger partial charge in [0, 0.05) is 24.4 Å². The van der Waals surface area contributed by atoms with Crippen LogP contribution in [0.5, 0.6) is 0 Å². The summed E-state index contributed by atoms with van der Waals surface area (Å²) >= 11 is 0. The molecule has 5 nitrogen and oxygen atoms in total. The van der Waals surface area contributed by atoms with Gasteiger partial charge in [-0.3, -0.25) is 4.79 Å². The normalized spacial score (nSPS) is 12.2. The number of nitrogens with zero attached hydrogens (tertiary/aromatic N) is 2. The lowest BCUT2D eigenvalue weighted by molar-refractivity contribution is 0.0905. The molecular weight excluding hydrogens is 266 g/mol. The van der Waals surface area contributed by atoms with Crippen LogP contribution in [-0.4, -0.2) is 35.4 Å². The number of nitrogens with one attached hydrogen (secondary N) is 1. The van der Waals surface area contributed by atoms with E-state index in [2.05, 4.69) is 10.4 Å². The second kappa shape index (κ2) is 6.54. The smallest absolute Gasteiger partial charge is 0.251 e. The minimum absolute atomic E-state index is 0.0156. The van der Waals surface area contributed by atoms with Gasteiger partial charge >= 0.3 is 0 Å². The predicted octanol–water partition coefficient (Wildman–Crippen LogP) is 2.25. The summed E-state index contributed by atoms with van der Waals surface area (Å²) in [6, 6.07) is 9.41. The molecule has 1 amide bonds. The molecule has 0 unspecified atom stereocenters. The van der Waals surface area contributed by atoms with Gasteiger partial charge in [0.15, 0.2) is 0 Å². The number of aromatic nitrogens is 2. The summed E-state index contributed by atoms with van der Waals surface area (Å²) in [5.41, 5.74) is 3.62. The Hall–Kier alpha value is -2.14. The standard InChI is InChI=1S/C16H21N3O2/c1-11-9-13(3)19(18-11)15-7-5-14(6-8-15)16(20)17-12(2)10-21-4/h5-9,12H,10H2,1-4H3,(H,17,20)/t12-/m1/s1. The Labute approximate surface area is 124 Å². The van der Waals surface area contributed by atoms with Crippen LogP contribution in [0.25, 0.3) is 5.69 Å². The maximum atomic E-state index is 12.1. The molecule has 112 valence electrons. The van der Waals surface area contributed by atoms with Crippen molar-refractivity contribution < 1.29 is 9.53 Å². The largest absolute Gasteiger partial charge is 0.383 e. The van der Waals surface area contributed by atoms with Crippen molar-refractivity contribution >= 4 is 5.91 Å². The summed E-state index contributed by atoms with van der Waals surface area (Å²) in [6.07, 6.45) is 0. The average molecular weight is 287 g/mol. The molecule has 5 heteroatoms. The molecule has 0 saturated heterocycles. The van der Waals surface area contributed by atoms with Gasteiger partial charge < -0.3 is 10.1 Å². The van der Waals surface area contributed by atoms with Gasteiger partial charge in [-0.05, 0) is 51.1 Å². The Morgan fingerprint density at radius 2 is 2.00 bits per heavy atom. The van der Waals surface area contributed by atoms with Gasteiger partial charge in [-0.15, -0.1) is 0 Å². The molecule has 1 atom stereocenters. The minimum Gasteiger partial charge on any atom is -0.383 e. The highest BCUT2D eigenvalue weighted by atomic mass is 16.5. The van der Waals surface area contributed by atoms with Gasteiger partial charge in [-0.2, -0.15) is 5.10 Å². The fourth-order valence-corrected chi connectivity index (χ4v) is 2.24. The number of ether oxygens (including phenoxy) is 1. The van der Waals surface area contributed by atoms with E-state index < -0.39 is 0 Å². The van der Waals surface area contributed by atoms with E-state index in [-0.39, 0.29) is 11.9 Å². The molecular formula is C16H21N3O2. The monoisotopic (exact) mass is 287 g/mol. The summed E-state index contributed by atoms with van der Waals surface area (Å²) < 4.78 is 6.87. The average Bonchev–Trinajstić information content (AvgIpc) is 2.78. The van der Waals surface area contributed by atoms with Crippen LogP contribution in [-0.2, 0) is 4.74 Å². The molecule has 0 aliphatic rings. The quantitative estimate of drug-likeness (QED) is 0.917. The van der Waals surface area contributed by atoms with Crippen molar-refractivity contribution in [2.24, 2.45) is 0 Å². The molecule has 1 aromatic heterocycles. The summed E-state index contributed by atoms with van der Waals surface area (Å²) in [5, 5.41) is 7.31. The van der Waals surface area contributed by atoms with Crippen LogP contribution >= 0.6 is 0 Å². The van der Waals surface area contributed by atoms with Crippen molar-refractivity contribution in [2.75, 3.05) is 13.7 Å². The van der Waals surface area contributed by atoms with Gasteiger partial charge in [0.2, 0.25) is 0 Å². The molecule has 0 bridgehead atoms. The fourth-order valence-electron chi connectivity index (χ4n) is 2.24. The molecule has 0 radical (unpaired) electrons. The van der Waals surface area contributed by atoms with E-state index in [1.54, 1.807) is 19.2 Å². The van der Waals surface area contributed by atoms with E-state index >= 15 is 0 Å². The molecule has 1 heterocycles. The Morgan fingerprint density at radius 3 is 2.52 bits per heavy atom. The van der Waals surface area contributed by atoms with Crippen LogP contribution < -0.4 is 5.32 Å². The fraction of sp³-hybridized carbons (Fsp3) is 0.375. The first kappa shape index (κ1) is 15.3. The lowest BCUT2D eigenvalue weighted by Crippen LogP contribution is -2.35. The number of benzene rings is 1. The van der Waals surface area contributed by atoms with Crippen molar-refractivity contribution in [3.8, 4) is 5.69 Å². The lowest BCUT2D eigenvalue weighted by Gasteiger charge is -2.13. The molecule has 0 saturated carbocycles. The predicted molar refractivity (Wildman–Crippen MR) is 81.8 cm³/mol. The van der Waals surface area contributed by atoms with E-state index in [9.17, 15) is 4.79 Å². The summed E-state index contributed by atoms with van der Waals surface area (Å²) in [5.74, 6) is -0.0977. The number of hydrogen-bond donors (Lipinski definition) is 1. The molecule has 0 spiro atoms. The Morgan fingerprint density at radius 1 is 1.33 bits per heavy atom. The third kappa shape index (κ3) is 3.70. The number of methoxy groups -OCH3 is 1. The first-order valence-corrected chi connectivity index (χ1v) is 6.94. The molecule has 21 heavy (non-hydrogen) atoms. The van der Waals surface area contributed by atoms with E-state index in [1.807, 2.05) is 43.7 Å². The van der Waals surface area contributed by atoms with Gasteiger partial charge in [0.1, 0.15) is 0 Å². The first-order chi connectivity index (χ1) is 10.0. The zero-order valence-electron chi connectivity index (χ0n) is 12.9. The third-order valence-electron chi connectivity index (χ3n) is 3.18. The van der Waals surface area contributed by atoms with Crippen molar-refractivity contribution in [3.05, 3.63) is 47.3 Å². The summed E-state index contributed by atoms with van der Waals surface area (Å²) in [7, 11) is 1.62. The number of hydrogen-bond acceptors (Lipinski definition) is 3. The maximum absolute atomic E-state index is 12.1. The Balaban J connectivity index is 2.12. The SMILES string of the molecule is COC[C@@H](C)NC(=O)c1ccc(-n2nc(C)cc2C)cc1. The van der Waals surface area contributed by atoms with Gasteiger partial charge in [-0.1, -0.05) is 0 Å². The van der Waals surface area contributed by atoms with E-state index in [1.165, 1.54) is 0 Å². The number of carbonyl (C=O) groups is 1. The van der Waals surface area contributed by atoms with Crippen LogP contribution in [0, 0.1) is 13.8 Å². The molecule has 0 fully saturated rings. The highest BCUT2D eigenvalue weighted by molar-refractivity contribution is 5.94. The van der Waals surface area contributed by atoms with Crippen molar-refractivity contribution in [2.45, 2.75) is 26.8 Å². The third-order valence-corrected chi connectivity index (χ3v) is 3.18. The van der Waals surface area contributed by atoms with Crippen molar-refractivity contribution in [1.29, 1.82) is 0 Å². The second-order valence-corrected chi connectivity index (χ2v) is 5.22. The van der Waals surface area contributed by atoms with E-state index in [0.717, 1.165) is 17.1 Å². The molecule has 0 aliphatic heterocycles. The number of aryl methyl sites for hydroxylation is 2. The van der Waals surface area contributed by atoms with Crippen LogP contribution in [0.3, 0.4) is 0 Å². The molecule has 0 aliphatic carbocycles. The number of amides is 1. The zero-order chi connectivity index (χ0) is 15.4. The first-order valence-electron chi connectivity index (χ1n) is 6.94. The zero-order valence-corrected chi connectivity index (χ0v) is 12.9. The van der Waals surface area contributed by atoms with Gasteiger partial charge in [-0.25, -0.2) is 4.68 Å². The summed E-state index contributed by atoms with van der Waals surface area (Å²) in [4.78, 5) is 12.1. The summed E-state index contributed by atoms with van der Waals surface area (Å²) in [6.45, 7) is 6.37. The topological polar surface area (TPSA) is 56.1 Å². The van der Waals surface area contributed by atoms with Gasteiger partial charge in [0.25, 0.3) is 5.91 Å². The van der Waals surface area contributed by atoms with Crippen LogP contribution in [0.15, 0.2) is 30.3 Å². The minimum atomic E-state index is -0.0977. The molecule has 1 aromatic carbocycles. The Kier molecular flexibility index (Phi) is 4.75. The van der Waals surface area contributed by atoms with E-state index in [0.29, 0.717) is 12.2 Å². The van der Waals surface area contributed by atoms with Crippen LogP contribution in [0.1, 0.15) is 28.7 Å². The maximum Gasteiger partial charge on any atom is 0.251 e. The van der Waals surface area contributed by atoms with Crippen LogP contribution in [0.4, 0.5) is 0 Å². The van der Waals surface area contributed by atoms with Crippen molar-refractivity contribution in [3.63, 3.8) is 0 Å². The molecule has 2 aromatic rings. The second-order valence-electron chi connectivity index (χ2n) is 5.22. The van der Waals surface area contributed by atoms with Crippen LogP contribution in [0.2, 0.25) is 0 Å². The van der Waals surface area contributed by atoms with Gasteiger partial charge in [0.05, 0.1) is 18.0 Å².